The van der Waals surface area contributed by atoms with E-state index in [4.69, 9.17) is 0 Å². The fourth-order valence-electron chi connectivity index (χ4n) is 2.74. The van der Waals surface area contributed by atoms with Gasteiger partial charge in [-0.3, -0.25) is 0 Å². The Hall–Kier alpha value is -2.93. The van der Waals surface area contributed by atoms with Gasteiger partial charge in [-0.15, -0.1) is 0 Å². The van der Waals surface area contributed by atoms with Crippen LogP contribution in [0, 0.1) is 17.1 Å². The minimum atomic E-state index is -0.302. The van der Waals surface area contributed by atoms with Crippen molar-refractivity contribution in [3.05, 3.63) is 59.7 Å². The van der Waals surface area contributed by atoms with Crippen molar-refractivity contribution in [3.63, 3.8) is 0 Å². The highest BCUT2D eigenvalue weighted by molar-refractivity contribution is 6.00. The van der Waals surface area contributed by atoms with Gasteiger partial charge in [0, 0.05) is 10.9 Å². The molecule has 3 nitrogen and oxygen atoms in total. The number of rotatable bonds is 2. The maximum atomic E-state index is 13.3. The lowest BCUT2D eigenvalue weighted by Gasteiger charge is -2.16. The Morgan fingerprint density at radius 1 is 1.09 bits per heavy atom. The smallest absolute Gasteiger partial charge is 0.148 e. The van der Waals surface area contributed by atoms with Crippen LogP contribution in [-0.2, 0) is 0 Å². The first-order chi connectivity index (χ1) is 11.0. The van der Waals surface area contributed by atoms with E-state index in [-0.39, 0.29) is 23.2 Å². The molecular formula is C19H15FN2O. The van der Waals surface area contributed by atoms with Crippen LogP contribution in [0.1, 0.15) is 31.2 Å². The van der Waals surface area contributed by atoms with Crippen molar-refractivity contribution in [2.75, 3.05) is 0 Å². The Morgan fingerprint density at radius 2 is 1.78 bits per heavy atom. The average Bonchev–Trinajstić information content (AvgIpc) is 2.54. The summed E-state index contributed by atoms with van der Waals surface area (Å²) in [5, 5.41) is 20.5. The third-order valence-corrected chi connectivity index (χ3v) is 3.80. The highest BCUT2D eigenvalue weighted by Crippen LogP contribution is 2.37. The number of nitriles is 1. The molecule has 0 fully saturated rings. The summed E-state index contributed by atoms with van der Waals surface area (Å²) in [6, 6.07) is 13.2. The number of nitrogens with zero attached hydrogens (tertiary/aromatic N) is 2. The van der Waals surface area contributed by atoms with Crippen LogP contribution in [-0.4, -0.2) is 10.1 Å². The van der Waals surface area contributed by atoms with Crippen LogP contribution in [0.25, 0.3) is 21.9 Å². The highest BCUT2D eigenvalue weighted by atomic mass is 19.1. The number of hydrogen-bond acceptors (Lipinski definition) is 3. The number of phenols is 1. The highest BCUT2D eigenvalue weighted by Gasteiger charge is 2.18. The Balaban J connectivity index is 2.45. The van der Waals surface area contributed by atoms with Crippen LogP contribution >= 0.6 is 0 Å². The van der Waals surface area contributed by atoms with E-state index in [0.717, 1.165) is 22.2 Å². The zero-order chi connectivity index (χ0) is 16.6. The molecule has 1 N–H and O–H groups in total. The molecule has 0 bridgehead atoms. The standard InChI is InChI=1S/C19H15FN2O/c1-11(2)19-18(12-3-5-13(20)6-4-12)15-8-7-14(23)9-16(15)17(10-21)22-19/h3-9,11,23H,1-2H3. The van der Waals surface area contributed by atoms with Crippen molar-refractivity contribution in [1.29, 1.82) is 5.26 Å². The van der Waals surface area contributed by atoms with E-state index >= 15 is 0 Å². The van der Waals surface area contributed by atoms with Crippen molar-refractivity contribution >= 4 is 10.8 Å². The average molecular weight is 306 g/mol. The molecule has 4 heteroatoms. The summed E-state index contributed by atoms with van der Waals surface area (Å²) in [5.41, 5.74) is 2.77. The number of halogens is 1. The van der Waals surface area contributed by atoms with Gasteiger partial charge in [-0.05, 0) is 47.2 Å². The van der Waals surface area contributed by atoms with Gasteiger partial charge in [0.2, 0.25) is 0 Å². The summed E-state index contributed by atoms with van der Waals surface area (Å²) in [5.74, 6) is -0.123. The topological polar surface area (TPSA) is 56.9 Å². The molecule has 0 saturated carbocycles. The summed E-state index contributed by atoms with van der Waals surface area (Å²) >= 11 is 0. The van der Waals surface area contributed by atoms with E-state index in [1.54, 1.807) is 24.3 Å². The fourth-order valence-corrected chi connectivity index (χ4v) is 2.74. The summed E-state index contributed by atoms with van der Waals surface area (Å²) in [7, 11) is 0. The third-order valence-electron chi connectivity index (χ3n) is 3.80. The molecule has 1 aromatic heterocycles. The van der Waals surface area contributed by atoms with Crippen LogP contribution in [0.15, 0.2) is 42.5 Å². The van der Waals surface area contributed by atoms with Gasteiger partial charge in [-0.1, -0.05) is 26.0 Å². The molecule has 0 aliphatic rings. The Morgan fingerprint density at radius 3 is 2.39 bits per heavy atom. The molecule has 3 aromatic rings. The van der Waals surface area contributed by atoms with Crippen LogP contribution in [0.4, 0.5) is 4.39 Å². The normalized spacial score (nSPS) is 10.9. The van der Waals surface area contributed by atoms with Gasteiger partial charge in [0.05, 0.1) is 5.69 Å². The molecule has 114 valence electrons. The van der Waals surface area contributed by atoms with E-state index in [9.17, 15) is 14.8 Å². The van der Waals surface area contributed by atoms with Gasteiger partial charge in [-0.25, -0.2) is 9.37 Å². The molecule has 1 heterocycles. The lowest BCUT2D eigenvalue weighted by atomic mass is 9.91. The lowest BCUT2D eigenvalue weighted by molar-refractivity contribution is 0.476. The third kappa shape index (κ3) is 2.62. The molecule has 2 aromatic carbocycles. The van der Waals surface area contributed by atoms with Gasteiger partial charge in [-0.2, -0.15) is 5.26 Å². The fraction of sp³-hybridized carbons (Fsp3) is 0.158. The quantitative estimate of drug-likeness (QED) is 0.744. The molecule has 23 heavy (non-hydrogen) atoms. The predicted octanol–water partition coefficient (Wildman–Crippen LogP) is 4.74. The first-order valence-corrected chi connectivity index (χ1v) is 7.34. The number of aromatic hydroxyl groups is 1. The van der Waals surface area contributed by atoms with Crippen molar-refractivity contribution in [2.24, 2.45) is 0 Å². The Bertz CT molecular complexity index is 925. The molecule has 0 aliphatic carbocycles. The molecular weight excluding hydrogens is 291 g/mol. The van der Waals surface area contributed by atoms with E-state index in [0.29, 0.717) is 5.39 Å². The lowest BCUT2D eigenvalue weighted by Crippen LogP contribution is -2.01. The molecule has 0 atom stereocenters. The maximum absolute atomic E-state index is 13.3. The maximum Gasteiger partial charge on any atom is 0.148 e. The number of phenolic OH excluding ortho intramolecular Hbond substituents is 1. The first kappa shape index (κ1) is 15.0. The van der Waals surface area contributed by atoms with Gasteiger partial charge in [0.25, 0.3) is 0 Å². The van der Waals surface area contributed by atoms with Crippen LogP contribution < -0.4 is 0 Å². The Kier molecular flexibility index (Phi) is 3.71. The summed E-state index contributed by atoms with van der Waals surface area (Å²) in [6.07, 6.45) is 0. The van der Waals surface area contributed by atoms with Crippen molar-refractivity contribution in [2.45, 2.75) is 19.8 Å². The largest absolute Gasteiger partial charge is 0.508 e. The van der Waals surface area contributed by atoms with Gasteiger partial charge < -0.3 is 5.11 Å². The minimum absolute atomic E-state index is 0.0816. The molecule has 0 amide bonds. The SMILES string of the molecule is CC(C)c1nc(C#N)c2cc(O)ccc2c1-c1ccc(F)cc1. The first-order valence-electron chi connectivity index (χ1n) is 7.34. The Labute approximate surface area is 133 Å². The van der Waals surface area contributed by atoms with Gasteiger partial charge in [0.15, 0.2) is 0 Å². The van der Waals surface area contributed by atoms with Crippen LogP contribution in [0.2, 0.25) is 0 Å². The zero-order valence-electron chi connectivity index (χ0n) is 12.8. The number of aromatic nitrogens is 1. The number of fused-ring (bicyclic) bond motifs is 1. The second kappa shape index (κ2) is 5.69. The number of pyridine rings is 1. The minimum Gasteiger partial charge on any atom is -0.508 e. The molecule has 0 spiro atoms. The number of benzene rings is 2. The van der Waals surface area contributed by atoms with E-state index in [2.05, 4.69) is 11.1 Å². The van der Waals surface area contributed by atoms with E-state index in [1.165, 1.54) is 18.2 Å². The zero-order valence-corrected chi connectivity index (χ0v) is 12.8. The molecule has 0 aliphatic heterocycles. The van der Waals surface area contributed by atoms with Gasteiger partial charge >= 0.3 is 0 Å². The number of hydrogen-bond donors (Lipinski definition) is 1. The summed E-state index contributed by atoms with van der Waals surface area (Å²) < 4.78 is 13.3. The molecule has 0 saturated heterocycles. The summed E-state index contributed by atoms with van der Waals surface area (Å²) in [6.45, 7) is 4.01. The van der Waals surface area contributed by atoms with Gasteiger partial charge in [0.1, 0.15) is 23.3 Å². The second-order valence-electron chi connectivity index (χ2n) is 5.72. The van der Waals surface area contributed by atoms with Crippen molar-refractivity contribution in [3.8, 4) is 22.9 Å². The monoisotopic (exact) mass is 306 g/mol. The van der Waals surface area contributed by atoms with Crippen LogP contribution in [0.5, 0.6) is 5.75 Å². The molecule has 3 rings (SSSR count). The van der Waals surface area contributed by atoms with Crippen LogP contribution in [0.3, 0.4) is 0 Å². The van der Waals surface area contributed by atoms with Crippen molar-refractivity contribution in [1.82, 2.24) is 4.98 Å². The van der Waals surface area contributed by atoms with E-state index < -0.39 is 0 Å². The second-order valence-corrected chi connectivity index (χ2v) is 5.72. The van der Waals surface area contributed by atoms with Crippen molar-refractivity contribution < 1.29 is 9.50 Å². The summed E-state index contributed by atoms with van der Waals surface area (Å²) in [4.78, 5) is 4.49. The van der Waals surface area contributed by atoms with E-state index in [1.807, 2.05) is 13.8 Å². The predicted molar refractivity (Wildman–Crippen MR) is 87.6 cm³/mol. The molecule has 0 radical (unpaired) electrons. The molecule has 0 unspecified atom stereocenters.